The van der Waals surface area contributed by atoms with Crippen LogP contribution in [0.4, 0.5) is 0 Å². The number of fused-ring (bicyclic) bond motifs is 1. The van der Waals surface area contributed by atoms with Crippen LogP contribution in [0.25, 0.3) is 10.9 Å². The molecule has 3 aromatic rings. The van der Waals surface area contributed by atoms with Crippen LogP contribution >= 0.6 is 0 Å². The molecule has 0 aliphatic carbocycles. The van der Waals surface area contributed by atoms with E-state index < -0.39 is 22.0 Å². The van der Waals surface area contributed by atoms with Crippen LogP contribution in [0, 0.1) is 6.92 Å². The first-order valence-corrected chi connectivity index (χ1v) is 9.53. The van der Waals surface area contributed by atoms with Crippen molar-refractivity contribution >= 4 is 26.9 Å². The van der Waals surface area contributed by atoms with Gasteiger partial charge in [0, 0.05) is 18.0 Å². The van der Waals surface area contributed by atoms with Crippen molar-refractivity contribution in [1.29, 1.82) is 0 Å². The predicted octanol–water partition coefficient (Wildman–Crippen LogP) is 2.23. The molecule has 0 radical (unpaired) electrons. The summed E-state index contributed by atoms with van der Waals surface area (Å²) < 4.78 is 32.1. The number of carbonyl (C=O) groups is 1. The van der Waals surface area contributed by atoms with Gasteiger partial charge in [-0.3, -0.25) is 4.79 Å². The smallest absolute Gasteiger partial charge is 0.322 e. The van der Waals surface area contributed by atoms with Crippen LogP contribution in [0.2, 0.25) is 0 Å². The van der Waals surface area contributed by atoms with E-state index >= 15 is 0 Å². The van der Waals surface area contributed by atoms with Gasteiger partial charge in [-0.15, -0.1) is 0 Å². The summed E-state index contributed by atoms with van der Waals surface area (Å²) in [6, 6.07) is 13.0. The fourth-order valence-corrected chi connectivity index (χ4v) is 4.27. The van der Waals surface area contributed by atoms with Crippen LogP contribution in [-0.4, -0.2) is 31.5 Å². The molecule has 1 atom stereocenters. The van der Waals surface area contributed by atoms with Gasteiger partial charge < -0.3 is 10.5 Å². The van der Waals surface area contributed by atoms with Crippen LogP contribution in [0.3, 0.4) is 0 Å². The van der Waals surface area contributed by atoms with E-state index in [0.717, 1.165) is 10.9 Å². The monoisotopic (exact) mass is 372 g/mol. The zero-order chi connectivity index (χ0) is 18.9. The van der Waals surface area contributed by atoms with Crippen molar-refractivity contribution in [2.45, 2.75) is 24.3 Å². The van der Waals surface area contributed by atoms with Crippen molar-refractivity contribution in [3.63, 3.8) is 0 Å². The number of aromatic nitrogens is 1. The zero-order valence-electron chi connectivity index (χ0n) is 14.5. The minimum Gasteiger partial charge on any atom is -0.468 e. The molecule has 3 rings (SSSR count). The quantitative estimate of drug-likeness (QED) is 0.694. The summed E-state index contributed by atoms with van der Waals surface area (Å²) in [6.07, 6.45) is 1.71. The van der Waals surface area contributed by atoms with E-state index in [2.05, 4.69) is 4.74 Å². The molecule has 0 saturated carbocycles. The Morgan fingerprint density at radius 3 is 2.46 bits per heavy atom. The lowest BCUT2D eigenvalue weighted by molar-refractivity contribution is -0.142. The van der Waals surface area contributed by atoms with E-state index in [0.29, 0.717) is 11.1 Å². The number of nitrogens with two attached hydrogens (primary N) is 1. The molecule has 2 aromatic carbocycles. The van der Waals surface area contributed by atoms with Gasteiger partial charge in [0.1, 0.15) is 6.04 Å². The Hall–Kier alpha value is -2.64. The second-order valence-electron chi connectivity index (χ2n) is 6.12. The number of methoxy groups -OCH3 is 1. The van der Waals surface area contributed by atoms with Crippen molar-refractivity contribution in [3.8, 4) is 0 Å². The van der Waals surface area contributed by atoms with Crippen molar-refractivity contribution in [3.05, 3.63) is 65.9 Å². The van der Waals surface area contributed by atoms with Gasteiger partial charge in [0.25, 0.3) is 10.0 Å². The van der Waals surface area contributed by atoms with Gasteiger partial charge in [-0.1, -0.05) is 35.9 Å². The lowest BCUT2D eigenvalue weighted by Crippen LogP contribution is -2.33. The van der Waals surface area contributed by atoms with Gasteiger partial charge >= 0.3 is 5.97 Å². The Labute approximate surface area is 152 Å². The molecule has 0 amide bonds. The number of rotatable bonds is 5. The normalized spacial score (nSPS) is 12.9. The number of esters is 1. The van der Waals surface area contributed by atoms with Crippen LogP contribution in [0.1, 0.15) is 11.1 Å². The van der Waals surface area contributed by atoms with Crippen LogP contribution in [-0.2, 0) is 26.0 Å². The number of hydrogen-bond donors (Lipinski definition) is 1. The molecular formula is C19H20N2O4S. The Kier molecular flexibility index (Phi) is 4.84. The number of aryl methyl sites for hydroxylation is 1. The number of nitrogens with zero attached hydrogens (tertiary/aromatic N) is 1. The zero-order valence-corrected chi connectivity index (χ0v) is 15.4. The summed E-state index contributed by atoms with van der Waals surface area (Å²) in [7, 11) is -2.49. The largest absolute Gasteiger partial charge is 0.468 e. The van der Waals surface area contributed by atoms with Gasteiger partial charge in [-0.2, -0.15) is 0 Å². The molecule has 1 aromatic heterocycles. The predicted molar refractivity (Wildman–Crippen MR) is 99.4 cm³/mol. The third kappa shape index (κ3) is 3.23. The van der Waals surface area contributed by atoms with Crippen LogP contribution in [0.15, 0.2) is 59.6 Å². The lowest BCUT2D eigenvalue weighted by Gasteiger charge is -2.08. The average molecular weight is 372 g/mol. The maximum absolute atomic E-state index is 13.1. The number of benzene rings is 2. The first kappa shape index (κ1) is 18.2. The molecular weight excluding hydrogens is 352 g/mol. The first-order valence-electron chi connectivity index (χ1n) is 8.09. The maximum atomic E-state index is 13.1. The van der Waals surface area contributed by atoms with Gasteiger partial charge in [-0.25, -0.2) is 12.4 Å². The second kappa shape index (κ2) is 6.93. The number of para-hydroxylation sites is 1. The molecule has 0 bridgehead atoms. The molecule has 0 unspecified atom stereocenters. The van der Waals surface area contributed by atoms with Crippen molar-refractivity contribution in [2.75, 3.05) is 7.11 Å². The molecule has 136 valence electrons. The summed E-state index contributed by atoms with van der Waals surface area (Å²) in [6.45, 7) is 1.90. The number of hydrogen-bond acceptors (Lipinski definition) is 5. The van der Waals surface area contributed by atoms with Crippen LogP contribution < -0.4 is 5.73 Å². The summed E-state index contributed by atoms with van der Waals surface area (Å²) in [4.78, 5) is 11.8. The second-order valence-corrected chi connectivity index (χ2v) is 7.93. The summed E-state index contributed by atoms with van der Waals surface area (Å²) in [5.41, 5.74) is 8.06. The van der Waals surface area contributed by atoms with E-state index in [9.17, 15) is 13.2 Å². The SMILES string of the molecule is COC(=O)[C@@H](N)Cc1cn(S(=O)(=O)c2ccc(C)cc2)c2ccccc12. The van der Waals surface area contributed by atoms with Crippen LogP contribution in [0.5, 0.6) is 0 Å². The van der Waals surface area contributed by atoms with E-state index in [1.54, 1.807) is 36.4 Å². The molecule has 0 saturated heterocycles. The highest BCUT2D eigenvalue weighted by molar-refractivity contribution is 7.90. The Morgan fingerprint density at radius 2 is 1.81 bits per heavy atom. The Balaban J connectivity index is 2.12. The highest BCUT2D eigenvalue weighted by atomic mass is 32.2. The van der Waals surface area contributed by atoms with Gasteiger partial charge in [0.2, 0.25) is 0 Å². The highest BCUT2D eigenvalue weighted by Crippen LogP contribution is 2.27. The van der Waals surface area contributed by atoms with Crippen molar-refractivity contribution in [1.82, 2.24) is 3.97 Å². The molecule has 6 nitrogen and oxygen atoms in total. The minimum atomic E-state index is -3.76. The molecule has 0 aliphatic heterocycles. The molecule has 0 fully saturated rings. The fourth-order valence-electron chi connectivity index (χ4n) is 2.87. The van der Waals surface area contributed by atoms with E-state index in [-0.39, 0.29) is 11.3 Å². The topological polar surface area (TPSA) is 91.4 Å². The molecule has 0 spiro atoms. The summed E-state index contributed by atoms with van der Waals surface area (Å²) in [5.74, 6) is -0.539. The third-order valence-electron chi connectivity index (χ3n) is 4.28. The van der Waals surface area contributed by atoms with Gasteiger partial charge in [-0.05, 0) is 30.7 Å². The third-order valence-corrected chi connectivity index (χ3v) is 5.97. The standard InChI is InChI=1S/C19H20N2O4S/c1-13-7-9-15(10-8-13)26(23,24)21-12-14(11-17(20)19(22)25-2)16-5-3-4-6-18(16)21/h3-10,12,17H,11,20H2,1-2H3/t17-/m0/s1. The Bertz CT molecular complexity index is 1050. The number of carbonyl (C=O) groups excluding carboxylic acids is 1. The van der Waals surface area contributed by atoms with E-state index in [4.69, 9.17) is 5.73 Å². The fraction of sp³-hybridized carbons (Fsp3) is 0.211. The molecule has 26 heavy (non-hydrogen) atoms. The molecule has 7 heteroatoms. The lowest BCUT2D eigenvalue weighted by atomic mass is 10.1. The summed E-state index contributed by atoms with van der Waals surface area (Å²) in [5, 5.41) is 0.738. The van der Waals surface area contributed by atoms with Crippen molar-refractivity contribution < 1.29 is 17.9 Å². The Morgan fingerprint density at radius 1 is 1.15 bits per heavy atom. The molecule has 0 aliphatic rings. The molecule has 2 N–H and O–H groups in total. The average Bonchev–Trinajstić information content (AvgIpc) is 3.01. The summed E-state index contributed by atoms with van der Waals surface area (Å²) >= 11 is 0. The van der Waals surface area contributed by atoms with E-state index in [1.807, 2.05) is 19.1 Å². The van der Waals surface area contributed by atoms with Gasteiger partial charge in [0.15, 0.2) is 0 Å². The minimum absolute atomic E-state index is 0.184. The maximum Gasteiger partial charge on any atom is 0.322 e. The van der Waals surface area contributed by atoms with Gasteiger partial charge in [0.05, 0.1) is 17.5 Å². The number of ether oxygens (including phenoxy) is 1. The van der Waals surface area contributed by atoms with E-state index in [1.165, 1.54) is 17.3 Å². The highest BCUT2D eigenvalue weighted by Gasteiger charge is 2.23. The van der Waals surface area contributed by atoms with Crippen molar-refractivity contribution in [2.24, 2.45) is 5.73 Å². The first-order chi connectivity index (χ1) is 12.3. The molecule has 1 heterocycles.